The SMILES string of the molecule is Cc1ccc2c(c1)c1ccc3c4c1n2-c1ccccc1B4c1ccccc1O3.FI(N=[P+]1B2[B]B1[BH2-]2)c1cccc2c1c1ccc3c4c1n2-c1ccccc1B4c1ccccc1O3.[BH2-]1B2B3B1P23(Nc1ccccc1)c1cc2c3c4c1c1ccccc1n4-c1ccccc1B3c1ccccc1O2.[BH2-]1B2B3B1P23(Nc1ccccc1)c1cc2c3ccccc3n3c2c2c1Oc1ccccc1B2c1ccccc1-3.[F-]. The standard InChI is InChI=1S/2C30H21B5N2OP.C25H16BNO.C24H15B5FIN2OP.FH/c1-2-10-19(11-3-1)36-39(33-31-34(39)35(33)39)27-18-21-20-12-4-7-15-24(20)37-25-16-8-5-13-22(25)32-23-14-6-9-17-26(23)38-30(27)28(32)29(21)37;1-2-10-19(11-3-1)36-39(33-31-34(39)35(33)39)27-18-26-29-30-28(27)20-12-4-7-15-23(20)37(30)24-16-8-5-13-21(24)32(29)22-14-6-9-17-25(22)38-26;1-15-10-12-20-17(14-15)16-11-13-23-24-25(16)27(20)21-8-4-2-6-18(21)26(24)19-7-3-5-9-22(19)28-23;30-31(32-35-28-25-29(35)26-28)17-8-5-10-19-22(17)14-12-13-21-23-24(14)33(19)18-9-3-1-6-15(18)27(23)16-7-2-4-11-20(16)34-21;/h2*1-18,36H,31H2;2-14H,1H3;1-13H,25H2;1H/q2*-1;;;/p-1. The van der Waals surface area contributed by atoms with Crippen LogP contribution in [-0.2, 0) is 0 Å². The first kappa shape index (κ1) is 80.1. The number of rotatable bonds is 8. The number of para-hydroxylation sites is 12. The molecule has 655 valence electrons. The minimum absolute atomic E-state index is 0. The predicted octanol–water partition coefficient (Wildman–Crippen LogP) is 11.3. The van der Waals surface area contributed by atoms with Crippen molar-refractivity contribution in [2.75, 3.05) is 10.2 Å². The molecule has 0 saturated carbocycles. The van der Waals surface area contributed by atoms with Gasteiger partial charge in [0.1, 0.15) is 11.5 Å². The van der Waals surface area contributed by atoms with Crippen LogP contribution in [0.2, 0.25) is 0 Å². The van der Waals surface area contributed by atoms with Crippen molar-refractivity contribution in [1.82, 2.24) is 18.3 Å². The summed E-state index contributed by atoms with van der Waals surface area (Å²) in [6.45, 7) is 2.84. The third-order valence-corrected chi connectivity index (χ3v) is 62.5. The van der Waals surface area contributed by atoms with Gasteiger partial charge in [-0.2, -0.15) is 0 Å². The van der Waals surface area contributed by atoms with Crippen molar-refractivity contribution in [3.63, 3.8) is 0 Å². The fourth-order valence-corrected chi connectivity index (χ4v) is 61.0. The molecule has 4 aromatic heterocycles. The molecular weight excluding hydrogens is 1900 g/mol. The summed E-state index contributed by atoms with van der Waals surface area (Å²) in [6.07, 6.45) is 2.54. The Balaban J connectivity index is 0.0000000826. The molecule has 6 bridgehead atoms. The molecule has 18 aromatic carbocycles. The maximum Gasteiger partial charge on any atom is -1.00 e. The van der Waals surface area contributed by atoms with Crippen molar-refractivity contribution in [3.8, 4) is 68.7 Å². The molecule has 0 atom stereocenters. The molecule has 0 spiro atoms. The van der Waals surface area contributed by atoms with E-state index in [1.807, 2.05) is 18.2 Å². The van der Waals surface area contributed by atoms with Crippen LogP contribution in [0.4, 0.5) is 14.2 Å². The molecule has 2 N–H and O–H groups in total. The Morgan fingerprint density at radius 2 is 0.718 bits per heavy atom. The van der Waals surface area contributed by atoms with Gasteiger partial charge in [-0.15, -0.1) is 0 Å². The van der Waals surface area contributed by atoms with Crippen molar-refractivity contribution in [2.45, 2.75) is 6.92 Å². The van der Waals surface area contributed by atoms with Crippen LogP contribution in [0, 0.1) is 10.5 Å². The van der Waals surface area contributed by atoms with E-state index in [0.29, 0.717) is 12.4 Å². The van der Waals surface area contributed by atoms with E-state index in [-0.39, 0.29) is 52.7 Å². The van der Waals surface area contributed by atoms with E-state index in [0.717, 1.165) is 103 Å². The summed E-state index contributed by atoms with van der Waals surface area (Å²) in [7, 11) is 2.47. The summed E-state index contributed by atoms with van der Waals surface area (Å²) < 4.78 is 58.4. The normalized spacial score (nSPS) is 17.5. The van der Waals surface area contributed by atoms with Gasteiger partial charge in [0.25, 0.3) is 6.71 Å². The van der Waals surface area contributed by atoms with E-state index >= 15 is 2.86 Å². The van der Waals surface area contributed by atoms with Crippen LogP contribution >= 0.6 is 40.9 Å². The third kappa shape index (κ3) is 9.53. The number of nitrogens with one attached hydrogen (secondary N) is 2. The molecular formula is C109H73B16F2IN7O4P3-3. The first-order valence-electron chi connectivity index (χ1n) is 51.0. The number of halogens is 3. The predicted molar refractivity (Wildman–Crippen MR) is 626 cm³/mol. The summed E-state index contributed by atoms with van der Waals surface area (Å²) in [5.74, 6) is 8.04. The summed E-state index contributed by atoms with van der Waals surface area (Å²) in [5.41, 5.74) is 34.7. The van der Waals surface area contributed by atoms with Gasteiger partial charge >= 0.3 is 672 Å². The largest absolute Gasteiger partial charge is 1.00 e. The zero-order valence-electron chi connectivity index (χ0n) is 77.6. The molecule has 11 fully saturated rings. The van der Waals surface area contributed by atoms with Crippen molar-refractivity contribution in [2.24, 2.45) is 2.96 Å². The van der Waals surface area contributed by atoms with Gasteiger partial charge in [-0.05, 0) is 59.7 Å². The van der Waals surface area contributed by atoms with Crippen LogP contribution in [0.25, 0.3) is 110 Å². The summed E-state index contributed by atoms with van der Waals surface area (Å²) in [5, 5.41) is 22.2. The van der Waals surface area contributed by atoms with Crippen molar-refractivity contribution < 1.29 is 26.5 Å². The number of hydrogen-bond acceptors (Lipinski definition) is 7. The minimum atomic E-state index is -3.10. The van der Waals surface area contributed by atoms with E-state index in [1.165, 1.54) is 176 Å². The average Bonchev–Trinajstić information content (AvgIpc) is 1.36. The molecule has 0 unspecified atom stereocenters. The van der Waals surface area contributed by atoms with E-state index in [4.69, 9.17) is 21.9 Å². The van der Waals surface area contributed by atoms with Gasteiger partial charge in [0, 0.05) is 16.5 Å². The molecule has 23 heterocycles. The van der Waals surface area contributed by atoms with Gasteiger partial charge in [-0.1, -0.05) is 48.0 Å². The summed E-state index contributed by atoms with van der Waals surface area (Å²) in [4.78, 5) is 0. The van der Waals surface area contributed by atoms with Crippen LogP contribution in [0.1, 0.15) is 5.56 Å². The number of benzene rings is 18. The molecule has 22 aromatic rings. The van der Waals surface area contributed by atoms with E-state index < -0.39 is 40.9 Å². The fourth-order valence-electron chi connectivity index (χ4n) is 32.0. The number of nitrogens with zero attached hydrogens (tertiary/aromatic N) is 5. The second kappa shape index (κ2) is 27.7. The van der Waals surface area contributed by atoms with Crippen molar-refractivity contribution in [1.29, 1.82) is 0 Å². The molecule has 0 aliphatic carbocycles. The van der Waals surface area contributed by atoms with Gasteiger partial charge in [0.2, 0.25) is 0 Å². The van der Waals surface area contributed by atoms with Gasteiger partial charge < -0.3 is 14.0 Å². The molecule has 0 amide bonds. The molecule has 11 saturated heterocycles. The average molecular weight is 1980 g/mol. The minimum Gasteiger partial charge on any atom is -1.00 e. The summed E-state index contributed by atoms with van der Waals surface area (Å²) in [6, 6.07) is 137. The van der Waals surface area contributed by atoms with Crippen molar-refractivity contribution >= 4 is 320 Å². The van der Waals surface area contributed by atoms with E-state index in [9.17, 15) is 0 Å². The number of anilines is 2. The third-order valence-electron chi connectivity index (χ3n) is 38.3. The summed E-state index contributed by atoms with van der Waals surface area (Å²) >= 11 is -3.10. The molecule has 33 heteroatoms. The van der Waals surface area contributed by atoms with Gasteiger partial charge in [0.05, 0.1) is 11.0 Å². The number of hydrogen-bond donors (Lipinski definition) is 2. The molecule has 41 rings (SSSR count). The molecule has 11 nitrogen and oxygen atoms in total. The Kier molecular flexibility index (Phi) is 15.6. The van der Waals surface area contributed by atoms with Crippen LogP contribution in [0.15, 0.2) is 379 Å². The number of aryl methyl sites for hydroxylation is 1. The Morgan fingerprint density at radius 1 is 0.324 bits per heavy atom. The number of ether oxygens (including phenoxy) is 4. The zero-order valence-corrected chi connectivity index (χ0v) is 82.5. The maximum atomic E-state index is 16.0. The Hall–Kier alpha value is -13.5. The smallest absolute Gasteiger partial charge is 1.00 e. The Morgan fingerprint density at radius 3 is 1.23 bits per heavy atom. The quantitative estimate of drug-likeness (QED) is 0.0895. The molecule has 142 heavy (non-hydrogen) atoms. The first-order valence-corrected chi connectivity index (χ1v) is 60.1. The first-order chi connectivity index (χ1) is 69.7. The maximum absolute atomic E-state index is 16.0. The van der Waals surface area contributed by atoms with Crippen LogP contribution in [-0.4, -0.2) is 123 Å². The number of aromatic nitrogens is 4. The molecule has 19 aliphatic heterocycles. The monoisotopic (exact) mass is 1980 g/mol. The van der Waals surface area contributed by atoms with Crippen LogP contribution in [0.5, 0.6) is 46.0 Å². The second-order valence-electron chi connectivity index (χ2n) is 43.3. The topological polar surface area (TPSA) is 93.1 Å². The van der Waals surface area contributed by atoms with E-state index in [1.54, 1.807) is 10.6 Å². The van der Waals surface area contributed by atoms with E-state index in [2.05, 4.69) is 400 Å². The molecule has 1 radical (unpaired) electrons. The van der Waals surface area contributed by atoms with Crippen LogP contribution in [0.3, 0.4) is 0 Å². The zero-order chi connectivity index (χ0) is 91.5. The van der Waals surface area contributed by atoms with Gasteiger partial charge in [-0.25, -0.2) is 0 Å². The molecule has 19 aliphatic rings. The van der Waals surface area contributed by atoms with Gasteiger partial charge in [0.15, 0.2) is 0 Å². The Bertz CT molecular complexity index is 9670. The number of fused-ring (bicyclic) bond motifs is 32. The Labute approximate surface area is 832 Å². The fraction of sp³-hybridized carbons (Fsp3) is 0.00917. The van der Waals surface area contributed by atoms with Crippen LogP contribution < -0.4 is 110 Å². The van der Waals surface area contributed by atoms with Crippen molar-refractivity contribution in [3.05, 3.63) is 385 Å². The van der Waals surface area contributed by atoms with Gasteiger partial charge in [-0.3, -0.25) is 0 Å². The second-order valence-corrected chi connectivity index (χ2v) is 60.7.